The third-order valence-electron chi connectivity index (χ3n) is 2.90. The first kappa shape index (κ1) is 18.2. The van der Waals surface area contributed by atoms with Crippen molar-refractivity contribution in [3.63, 3.8) is 0 Å². The minimum atomic E-state index is 0.250. The number of carbonyl (C=O) groups excluding carboxylic acids is 2. The molecule has 22 heavy (non-hydrogen) atoms. The Hall–Kier alpha value is -1.88. The molecule has 2 aromatic rings. The lowest BCUT2D eigenvalue weighted by molar-refractivity contribution is -0.191. The molecule has 0 saturated heterocycles. The zero-order chi connectivity index (χ0) is 16.7. The molecule has 0 N–H and O–H groups in total. The van der Waals surface area contributed by atoms with E-state index >= 15 is 0 Å². The van der Waals surface area contributed by atoms with Gasteiger partial charge in [0.25, 0.3) is 0 Å². The Morgan fingerprint density at radius 1 is 1.32 bits per heavy atom. The SMILES string of the molecule is CCc1nn(CC)c(-c2cnc(Cl)cc2OC)c1Cl.O=C=O. The van der Waals surface area contributed by atoms with Crippen molar-refractivity contribution in [2.24, 2.45) is 0 Å². The molecule has 0 aliphatic carbocycles. The molecule has 2 aromatic heterocycles. The molecule has 6 nitrogen and oxygen atoms in total. The summed E-state index contributed by atoms with van der Waals surface area (Å²) in [4.78, 5) is 20.4. The first-order valence-electron chi connectivity index (χ1n) is 6.48. The van der Waals surface area contributed by atoms with Gasteiger partial charge in [-0.1, -0.05) is 30.1 Å². The van der Waals surface area contributed by atoms with Crippen LogP contribution in [-0.4, -0.2) is 28.0 Å². The Balaban J connectivity index is 0.000000745. The van der Waals surface area contributed by atoms with Gasteiger partial charge in [0.2, 0.25) is 0 Å². The molecule has 8 heteroatoms. The van der Waals surface area contributed by atoms with E-state index in [1.165, 1.54) is 0 Å². The van der Waals surface area contributed by atoms with Crippen LogP contribution in [0.3, 0.4) is 0 Å². The van der Waals surface area contributed by atoms with E-state index < -0.39 is 0 Å². The number of aromatic nitrogens is 3. The second-order valence-electron chi connectivity index (χ2n) is 4.07. The number of halogens is 2. The van der Waals surface area contributed by atoms with Gasteiger partial charge in [-0.15, -0.1) is 0 Å². The monoisotopic (exact) mass is 343 g/mol. The Kier molecular flexibility index (Phi) is 7.05. The highest BCUT2D eigenvalue weighted by atomic mass is 35.5. The van der Waals surface area contributed by atoms with Crippen LogP contribution in [0, 0.1) is 0 Å². The van der Waals surface area contributed by atoms with Gasteiger partial charge in [-0.05, 0) is 13.3 Å². The number of nitrogens with zero attached hydrogens (tertiary/aromatic N) is 3. The van der Waals surface area contributed by atoms with Crippen LogP contribution in [0.5, 0.6) is 5.75 Å². The van der Waals surface area contributed by atoms with Crippen LogP contribution < -0.4 is 4.74 Å². The van der Waals surface area contributed by atoms with E-state index in [0.717, 1.165) is 29.9 Å². The van der Waals surface area contributed by atoms with Crippen molar-refractivity contribution in [3.05, 3.63) is 28.1 Å². The summed E-state index contributed by atoms with van der Waals surface area (Å²) in [6, 6.07) is 1.67. The van der Waals surface area contributed by atoms with E-state index in [1.54, 1.807) is 19.4 Å². The Labute approximate surface area is 138 Å². The lowest BCUT2D eigenvalue weighted by atomic mass is 10.1. The van der Waals surface area contributed by atoms with Gasteiger partial charge in [0, 0.05) is 18.8 Å². The van der Waals surface area contributed by atoms with E-state index in [4.69, 9.17) is 37.5 Å². The third kappa shape index (κ3) is 3.85. The van der Waals surface area contributed by atoms with Gasteiger partial charge in [0.1, 0.15) is 10.9 Å². The summed E-state index contributed by atoms with van der Waals surface area (Å²) in [5.74, 6) is 0.638. The number of methoxy groups -OCH3 is 1. The third-order valence-corrected chi connectivity index (χ3v) is 3.51. The Morgan fingerprint density at radius 2 is 1.95 bits per heavy atom. The molecule has 0 bridgehead atoms. The highest BCUT2D eigenvalue weighted by molar-refractivity contribution is 6.34. The molecule has 0 unspecified atom stereocenters. The van der Waals surface area contributed by atoms with Gasteiger partial charge in [0.15, 0.2) is 0 Å². The predicted octanol–water partition coefficient (Wildman–Crippen LogP) is 3.26. The molecule has 0 amide bonds. The summed E-state index contributed by atoms with van der Waals surface area (Å²) >= 11 is 12.3. The summed E-state index contributed by atoms with van der Waals surface area (Å²) in [5, 5.41) is 5.52. The maximum Gasteiger partial charge on any atom is 0.373 e. The summed E-state index contributed by atoms with van der Waals surface area (Å²) in [5.41, 5.74) is 2.49. The van der Waals surface area contributed by atoms with Gasteiger partial charge in [-0.2, -0.15) is 14.7 Å². The maximum absolute atomic E-state index is 8.12. The summed E-state index contributed by atoms with van der Waals surface area (Å²) < 4.78 is 7.21. The van der Waals surface area contributed by atoms with Crippen molar-refractivity contribution in [2.45, 2.75) is 26.8 Å². The molecule has 0 fully saturated rings. The van der Waals surface area contributed by atoms with Gasteiger partial charge in [0.05, 0.1) is 29.1 Å². The maximum atomic E-state index is 8.12. The molecule has 0 saturated carbocycles. The fraction of sp³-hybridized carbons (Fsp3) is 0.357. The van der Waals surface area contributed by atoms with E-state index in [9.17, 15) is 0 Å². The molecule has 0 atom stereocenters. The zero-order valence-corrected chi connectivity index (χ0v) is 13.9. The molecule has 0 aliphatic heterocycles. The van der Waals surface area contributed by atoms with Gasteiger partial charge >= 0.3 is 6.15 Å². The van der Waals surface area contributed by atoms with Crippen molar-refractivity contribution in [2.75, 3.05) is 7.11 Å². The fourth-order valence-corrected chi connectivity index (χ4v) is 2.48. The zero-order valence-electron chi connectivity index (χ0n) is 12.4. The van der Waals surface area contributed by atoms with Crippen LogP contribution in [0.2, 0.25) is 10.2 Å². The van der Waals surface area contributed by atoms with E-state index in [0.29, 0.717) is 15.9 Å². The van der Waals surface area contributed by atoms with Crippen LogP contribution >= 0.6 is 23.2 Å². The van der Waals surface area contributed by atoms with Crippen LogP contribution in [-0.2, 0) is 22.6 Å². The average molecular weight is 344 g/mol. The van der Waals surface area contributed by atoms with Crippen LogP contribution in [0.15, 0.2) is 12.3 Å². The lowest BCUT2D eigenvalue weighted by Gasteiger charge is -2.10. The molecular formula is C14H15Cl2N3O3. The van der Waals surface area contributed by atoms with Gasteiger partial charge in [-0.3, -0.25) is 4.68 Å². The summed E-state index contributed by atoms with van der Waals surface area (Å²) in [7, 11) is 1.59. The second kappa shape index (κ2) is 8.54. The van der Waals surface area contributed by atoms with E-state index in [-0.39, 0.29) is 6.15 Å². The average Bonchev–Trinajstić information content (AvgIpc) is 2.84. The number of hydrogen-bond donors (Lipinski definition) is 0. The van der Waals surface area contributed by atoms with Crippen molar-refractivity contribution < 1.29 is 14.3 Å². The molecule has 0 aromatic carbocycles. The Morgan fingerprint density at radius 3 is 2.45 bits per heavy atom. The van der Waals surface area contributed by atoms with Crippen molar-refractivity contribution in [1.29, 1.82) is 0 Å². The van der Waals surface area contributed by atoms with Crippen LogP contribution in [0.1, 0.15) is 19.5 Å². The quantitative estimate of drug-likeness (QED) is 0.796. The topological polar surface area (TPSA) is 74.1 Å². The molecule has 0 spiro atoms. The Bertz CT molecular complexity index is 680. The van der Waals surface area contributed by atoms with E-state index in [2.05, 4.69) is 10.1 Å². The minimum absolute atomic E-state index is 0.250. The summed E-state index contributed by atoms with van der Waals surface area (Å²) in [6.45, 7) is 4.76. The highest BCUT2D eigenvalue weighted by Gasteiger charge is 2.19. The fourth-order valence-electron chi connectivity index (χ4n) is 1.96. The number of hydrogen-bond acceptors (Lipinski definition) is 5. The smallest absolute Gasteiger partial charge is 0.373 e. The van der Waals surface area contributed by atoms with E-state index in [1.807, 2.05) is 18.5 Å². The van der Waals surface area contributed by atoms with Gasteiger partial charge in [-0.25, -0.2) is 4.98 Å². The molecule has 0 radical (unpaired) electrons. The second-order valence-corrected chi connectivity index (χ2v) is 4.83. The molecule has 2 heterocycles. The molecule has 2 rings (SSSR count). The van der Waals surface area contributed by atoms with Crippen molar-refractivity contribution in [3.8, 4) is 17.0 Å². The highest BCUT2D eigenvalue weighted by Crippen LogP contribution is 2.37. The van der Waals surface area contributed by atoms with Crippen molar-refractivity contribution in [1.82, 2.24) is 14.8 Å². The first-order chi connectivity index (χ1) is 10.5. The largest absolute Gasteiger partial charge is 0.496 e. The van der Waals surface area contributed by atoms with Crippen LogP contribution in [0.25, 0.3) is 11.3 Å². The number of ether oxygens (including phenoxy) is 1. The lowest BCUT2D eigenvalue weighted by Crippen LogP contribution is -2.01. The number of aryl methyl sites for hydroxylation is 2. The molecular weight excluding hydrogens is 329 g/mol. The normalized spacial score (nSPS) is 9.68. The summed E-state index contributed by atoms with van der Waals surface area (Å²) in [6.07, 6.45) is 2.69. The molecule has 0 aliphatic rings. The first-order valence-corrected chi connectivity index (χ1v) is 7.23. The number of rotatable bonds is 4. The van der Waals surface area contributed by atoms with Crippen LogP contribution in [0.4, 0.5) is 0 Å². The van der Waals surface area contributed by atoms with Gasteiger partial charge < -0.3 is 4.74 Å². The minimum Gasteiger partial charge on any atom is -0.496 e. The standard InChI is InChI=1S/C13H15Cl2N3O.CO2/c1-4-9-12(15)13(18(5-2)17-9)8-7-16-11(14)6-10(8)19-3;2-1-3/h6-7H,4-5H2,1-3H3;. The number of pyridine rings is 1. The molecule has 118 valence electrons. The van der Waals surface area contributed by atoms with Crippen molar-refractivity contribution >= 4 is 29.4 Å². The predicted molar refractivity (Wildman–Crippen MR) is 82.1 cm³/mol.